The standard InChI is InChI=1S/C25H23ClFN5O3/c1-12-13(2)28-23-21(17-6-5-16(26)10-18(17)27)29-19(11-32(23)25(12)33)15-7-8-34-20(9-15)22-30-24(35-31-22)14-3-4-14/h5-6,10-11,14-15,20H,3-4,7-9H2,1-2H3/t15-,20?/m1/s1. The van der Waals surface area contributed by atoms with E-state index in [0.717, 1.165) is 12.8 Å². The molecular weight excluding hydrogens is 473 g/mol. The number of aromatic nitrogens is 5. The van der Waals surface area contributed by atoms with Crippen LogP contribution in [-0.2, 0) is 4.74 Å². The molecule has 8 nitrogen and oxygen atoms in total. The molecule has 1 unspecified atom stereocenters. The first-order valence-corrected chi connectivity index (χ1v) is 12.1. The number of hydrogen-bond donors (Lipinski definition) is 0. The van der Waals surface area contributed by atoms with Crippen LogP contribution in [0.2, 0.25) is 5.02 Å². The van der Waals surface area contributed by atoms with Crippen LogP contribution >= 0.6 is 11.6 Å². The lowest BCUT2D eigenvalue weighted by Crippen LogP contribution is -2.24. The lowest BCUT2D eigenvalue weighted by Gasteiger charge is -2.28. The van der Waals surface area contributed by atoms with Gasteiger partial charge in [0, 0.05) is 46.5 Å². The Morgan fingerprint density at radius 1 is 1.11 bits per heavy atom. The molecule has 180 valence electrons. The molecule has 1 aliphatic carbocycles. The first-order valence-electron chi connectivity index (χ1n) is 11.7. The highest BCUT2D eigenvalue weighted by Crippen LogP contribution is 2.41. The van der Waals surface area contributed by atoms with E-state index >= 15 is 0 Å². The normalized spacial score (nSPS) is 20.5. The molecule has 0 bridgehead atoms. The summed E-state index contributed by atoms with van der Waals surface area (Å²) in [4.78, 5) is 27.2. The van der Waals surface area contributed by atoms with Gasteiger partial charge in [0.1, 0.15) is 17.6 Å². The molecule has 2 fully saturated rings. The van der Waals surface area contributed by atoms with Gasteiger partial charge >= 0.3 is 0 Å². The first kappa shape index (κ1) is 22.3. The van der Waals surface area contributed by atoms with Gasteiger partial charge in [-0.05, 0) is 57.7 Å². The molecule has 1 saturated carbocycles. The molecule has 1 saturated heterocycles. The van der Waals surface area contributed by atoms with E-state index in [9.17, 15) is 9.18 Å². The van der Waals surface area contributed by atoms with Gasteiger partial charge in [-0.1, -0.05) is 16.8 Å². The Kier molecular flexibility index (Phi) is 5.41. The largest absolute Gasteiger partial charge is 0.370 e. The highest BCUT2D eigenvalue weighted by molar-refractivity contribution is 6.30. The average molecular weight is 496 g/mol. The van der Waals surface area contributed by atoms with Gasteiger partial charge in [-0.3, -0.25) is 9.20 Å². The van der Waals surface area contributed by atoms with Crippen molar-refractivity contribution in [1.29, 1.82) is 0 Å². The van der Waals surface area contributed by atoms with E-state index < -0.39 is 5.82 Å². The zero-order chi connectivity index (χ0) is 24.3. The van der Waals surface area contributed by atoms with Crippen LogP contribution in [0.3, 0.4) is 0 Å². The van der Waals surface area contributed by atoms with Crippen molar-refractivity contribution in [1.82, 2.24) is 24.5 Å². The summed E-state index contributed by atoms with van der Waals surface area (Å²) in [7, 11) is 0. The number of benzene rings is 1. The lowest BCUT2D eigenvalue weighted by atomic mass is 9.92. The second-order valence-electron chi connectivity index (χ2n) is 9.31. The number of aryl methyl sites for hydroxylation is 1. The summed E-state index contributed by atoms with van der Waals surface area (Å²) in [5.74, 6) is 0.982. The molecule has 2 aliphatic rings. The van der Waals surface area contributed by atoms with Gasteiger partial charge in [-0.2, -0.15) is 4.98 Å². The SMILES string of the molecule is Cc1nc2c(-c3ccc(Cl)cc3F)nc([C@@H]3CCOC(c4noc(C5CC5)n4)C3)cn2c(=O)c1C. The number of rotatable bonds is 4. The third-order valence-electron chi connectivity index (χ3n) is 6.86. The molecule has 1 aliphatic heterocycles. The van der Waals surface area contributed by atoms with Crippen LogP contribution in [0.5, 0.6) is 0 Å². The van der Waals surface area contributed by atoms with Crippen LogP contribution < -0.4 is 5.56 Å². The zero-order valence-electron chi connectivity index (χ0n) is 19.3. The van der Waals surface area contributed by atoms with Gasteiger partial charge in [0.05, 0.1) is 5.69 Å². The molecule has 0 spiro atoms. The fourth-order valence-electron chi connectivity index (χ4n) is 4.53. The molecule has 0 N–H and O–H groups in total. The second-order valence-corrected chi connectivity index (χ2v) is 9.74. The predicted octanol–water partition coefficient (Wildman–Crippen LogP) is 5.06. The van der Waals surface area contributed by atoms with Crippen LogP contribution in [0.15, 0.2) is 33.7 Å². The van der Waals surface area contributed by atoms with Gasteiger partial charge < -0.3 is 9.26 Å². The first-order chi connectivity index (χ1) is 16.9. The van der Waals surface area contributed by atoms with Crippen LogP contribution in [0.4, 0.5) is 4.39 Å². The van der Waals surface area contributed by atoms with E-state index in [1.165, 1.54) is 10.5 Å². The Labute approximate surface area is 205 Å². The fraction of sp³-hybridized carbons (Fsp3) is 0.400. The molecule has 0 radical (unpaired) electrons. The summed E-state index contributed by atoms with van der Waals surface area (Å²) >= 11 is 5.98. The Morgan fingerprint density at radius 2 is 1.94 bits per heavy atom. The summed E-state index contributed by atoms with van der Waals surface area (Å²) in [5, 5.41) is 4.42. The molecule has 1 aromatic carbocycles. The molecule has 0 amide bonds. The maximum Gasteiger partial charge on any atom is 0.261 e. The predicted molar refractivity (Wildman–Crippen MR) is 126 cm³/mol. The summed E-state index contributed by atoms with van der Waals surface area (Å²) < 4.78 is 27.8. The van der Waals surface area contributed by atoms with Crippen LogP contribution in [0.25, 0.3) is 16.9 Å². The molecule has 3 aromatic heterocycles. The highest BCUT2D eigenvalue weighted by atomic mass is 35.5. The summed E-state index contributed by atoms with van der Waals surface area (Å²) in [6.07, 6.45) is 4.78. The van der Waals surface area contributed by atoms with Crippen molar-refractivity contribution in [2.75, 3.05) is 6.61 Å². The second kappa shape index (κ2) is 8.49. The van der Waals surface area contributed by atoms with Crippen molar-refractivity contribution in [3.8, 4) is 11.3 Å². The molecule has 4 heterocycles. The monoisotopic (exact) mass is 495 g/mol. The minimum Gasteiger partial charge on any atom is -0.370 e. The van der Waals surface area contributed by atoms with Gasteiger partial charge in [0.25, 0.3) is 5.56 Å². The fourth-order valence-corrected chi connectivity index (χ4v) is 4.69. The number of nitrogens with zero attached hydrogens (tertiary/aromatic N) is 5. The topological polar surface area (TPSA) is 95.4 Å². The van der Waals surface area contributed by atoms with E-state index in [0.29, 0.717) is 65.4 Å². The average Bonchev–Trinajstić information content (AvgIpc) is 3.59. The van der Waals surface area contributed by atoms with Gasteiger partial charge in [-0.15, -0.1) is 0 Å². The molecule has 10 heteroatoms. The highest BCUT2D eigenvalue weighted by Gasteiger charge is 2.34. The van der Waals surface area contributed by atoms with Crippen LogP contribution in [0, 0.1) is 19.7 Å². The van der Waals surface area contributed by atoms with Crippen molar-refractivity contribution >= 4 is 17.2 Å². The van der Waals surface area contributed by atoms with Crippen molar-refractivity contribution in [2.45, 2.75) is 57.5 Å². The van der Waals surface area contributed by atoms with E-state index in [4.69, 9.17) is 25.8 Å². The third kappa shape index (κ3) is 4.02. The van der Waals surface area contributed by atoms with E-state index in [-0.39, 0.29) is 28.2 Å². The maximum atomic E-state index is 15.0. The minimum absolute atomic E-state index is 0.0522. The zero-order valence-corrected chi connectivity index (χ0v) is 20.0. The molecule has 4 aromatic rings. The lowest BCUT2D eigenvalue weighted by molar-refractivity contribution is -0.00184. The summed E-state index contributed by atoms with van der Waals surface area (Å²) in [6.45, 7) is 3.97. The minimum atomic E-state index is -0.527. The Balaban J connectivity index is 1.45. The number of hydrogen-bond acceptors (Lipinski definition) is 7. The third-order valence-corrected chi connectivity index (χ3v) is 7.09. The molecule has 2 atom stereocenters. The summed E-state index contributed by atoms with van der Waals surface area (Å²) in [6, 6.07) is 4.40. The molecular formula is C25H23ClFN5O3. The van der Waals surface area contributed by atoms with E-state index in [1.54, 1.807) is 32.2 Å². The summed E-state index contributed by atoms with van der Waals surface area (Å²) in [5.41, 5.74) is 2.41. The van der Waals surface area contributed by atoms with Crippen molar-refractivity contribution in [2.24, 2.45) is 0 Å². The van der Waals surface area contributed by atoms with Crippen LogP contribution in [-0.4, -0.2) is 31.1 Å². The Bertz CT molecular complexity index is 1510. The Morgan fingerprint density at radius 3 is 2.71 bits per heavy atom. The van der Waals surface area contributed by atoms with Gasteiger partial charge in [-0.25, -0.2) is 14.4 Å². The molecule has 6 rings (SSSR count). The Hall–Kier alpha value is -3.17. The van der Waals surface area contributed by atoms with Crippen molar-refractivity contribution < 1.29 is 13.7 Å². The smallest absolute Gasteiger partial charge is 0.261 e. The quantitative estimate of drug-likeness (QED) is 0.390. The molecule has 35 heavy (non-hydrogen) atoms. The maximum absolute atomic E-state index is 15.0. The number of fused-ring (bicyclic) bond motifs is 1. The number of ether oxygens (including phenoxy) is 1. The van der Waals surface area contributed by atoms with Gasteiger partial charge in [0.15, 0.2) is 5.65 Å². The number of halogens is 2. The van der Waals surface area contributed by atoms with Crippen LogP contribution in [0.1, 0.15) is 72.3 Å². The van der Waals surface area contributed by atoms with E-state index in [2.05, 4.69) is 15.1 Å². The van der Waals surface area contributed by atoms with Gasteiger partial charge in [0.2, 0.25) is 11.7 Å². The van der Waals surface area contributed by atoms with Crippen molar-refractivity contribution in [3.63, 3.8) is 0 Å². The van der Waals surface area contributed by atoms with Crippen molar-refractivity contribution in [3.05, 3.63) is 74.3 Å². The van der Waals surface area contributed by atoms with E-state index in [1.807, 2.05) is 0 Å².